The van der Waals surface area contributed by atoms with Crippen LogP contribution < -0.4 is 10.6 Å². The van der Waals surface area contributed by atoms with Crippen molar-refractivity contribution in [3.8, 4) is 0 Å². The first-order valence-electron chi connectivity index (χ1n) is 6.86. The van der Waals surface area contributed by atoms with Crippen LogP contribution in [0.3, 0.4) is 0 Å². The third-order valence-electron chi connectivity index (χ3n) is 4.11. The minimum absolute atomic E-state index is 0.279. The van der Waals surface area contributed by atoms with Crippen LogP contribution in [0.4, 0.5) is 0 Å². The molecular formula is C17H25N. The van der Waals surface area contributed by atoms with Crippen molar-refractivity contribution >= 4 is 12.2 Å². The van der Waals surface area contributed by atoms with E-state index in [1.54, 1.807) is 0 Å². The molecule has 1 nitrogen and oxygen atoms in total. The van der Waals surface area contributed by atoms with Crippen LogP contribution in [0, 0.1) is 18.3 Å². The number of aromatic nitrogens is 1. The molecule has 0 amide bonds. The maximum Gasteiger partial charge on any atom is 0.0420 e. The number of fused-ring (bicyclic) bond motifs is 1. The van der Waals surface area contributed by atoms with Gasteiger partial charge in [0.2, 0.25) is 0 Å². The second kappa shape index (κ2) is 4.46. The molecule has 1 aromatic heterocycles. The summed E-state index contributed by atoms with van der Waals surface area (Å²) in [4.78, 5) is 3.55. The van der Waals surface area contributed by atoms with Crippen LogP contribution in [0.15, 0.2) is 12.2 Å². The lowest BCUT2D eigenvalue weighted by atomic mass is 9.85. The molecule has 1 unspecified atom stereocenters. The number of nitrogens with one attached hydrogen (secondary N) is 1. The highest BCUT2D eigenvalue weighted by Gasteiger charge is 2.19. The summed E-state index contributed by atoms with van der Waals surface area (Å²) < 4.78 is 0. The fourth-order valence-electron chi connectivity index (χ4n) is 2.61. The van der Waals surface area contributed by atoms with Gasteiger partial charge in [-0.1, -0.05) is 45.1 Å². The summed E-state index contributed by atoms with van der Waals surface area (Å²) in [7, 11) is 0. The van der Waals surface area contributed by atoms with Gasteiger partial charge in [-0.15, -0.1) is 0 Å². The van der Waals surface area contributed by atoms with Gasteiger partial charge < -0.3 is 4.98 Å². The second-order valence-electron chi connectivity index (χ2n) is 6.55. The standard InChI is InChI=1S/C17H25N/c1-11(2)12(3)9-15-13(4)18-16-10-17(5,6)8-7-14(15)16/h7,10,12,18H,1,8-9H2,2-6H3. The average Bonchev–Trinajstić information content (AvgIpc) is 2.52. The van der Waals surface area contributed by atoms with Gasteiger partial charge >= 0.3 is 0 Å². The van der Waals surface area contributed by atoms with Crippen LogP contribution in [0.25, 0.3) is 12.2 Å². The molecular weight excluding hydrogens is 218 g/mol. The molecule has 0 saturated heterocycles. The number of rotatable bonds is 3. The van der Waals surface area contributed by atoms with E-state index in [1.165, 1.54) is 27.4 Å². The van der Waals surface area contributed by atoms with Crippen LogP contribution in [0.2, 0.25) is 0 Å². The lowest BCUT2D eigenvalue weighted by molar-refractivity contribution is 0.533. The zero-order valence-corrected chi connectivity index (χ0v) is 12.4. The van der Waals surface area contributed by atoms with Crippen LogP contribution in [-0.4, -0.2) is 4.98 Å². The highest BCUT2D eigenvalue weighted by Crippen LogP contribution is 2.24. The molecule has 1 aliphatic rings. The van der Waals surface area contributed by atoms with E-state index < -0.39 is 0 Å². The van der Waals surface area contributed by atoms with Gasteiger partial charge in [0.1, 0.15) is 0 Å². The van der Waals surface area contributed by atoms with Crippen molar-refractivity contribution in [2.24, 2.45) is 11.3 Å². The smallest absolute Gasteiger partial charge is 0.0420 e. The molecule has 18 heavy (non-hydrogen) atoms. The third-order valence-corrected chi connectivity index (χ3v) is 4.11. The largest absolute Gasteiger partial charge is 0.359 e. The van der Waals surface area contributed by atoms with Crippen molar-refractivity contribution in [1.29, 1.82) is 0 Å². The monoisotopic (exact) mass is 243 g/mol. The maximum absolute atomic E-state index is 4.07. The van der Waals surface area contributed by atoms with E-state index in [4.69, 9.17) is 0 Å². The first-order chi connectivity index (χ1) is 8.30. The zero-order valence-electron chi connectivity index (χ0n) is 12.4. The van der Waals surface area contributed by atoms with Crippen LogP contribution in [-0.2, 0) is 6.42 Å². The van der Waals surface area contributed by atoms with Crippen LogP contribution in [0.1, 0.15) is 45.4 Å². The van der Waals surface area contributed by atoms with E-state index in [2.05, 4.69) is 58.3 Å². The van der Waals surface area contributed by atoms with Gasteiger partial charge in [0, 0.05) is 11.0 Å². The van der Waals surface area contributed by atoms with Gasteiger partial charge in [-0.05, 0) is 48.8 Å². The molecule has 2 rings (SSSR count). The predicted molar refractivity (Wildman–Crippen MR) is 79.8 cm³/mol. The molecule has 0 radical (unpaired) electrons. The Kier molecular flexibility index (Phi) is 3.27. The lowest BCUT2D eigenvalue weighted by Crippen LogP contribution is -2.32. The Balaban J connectivity index is 2.47. The quantitative estimate of drug-likeness (QED) is 0.785. The Hall–Kier alpha value is -1.24. The van der Waals surface area contributed by atoms with Crippen LogP contribution in [0.5, 0.6) is 0 Å². The van der Waals surface area contributed by atoms with Gasteiger partial charge in [-0.3, -0.25) is 0 Å². The molecule has 0 aliphatic heterocycles. The van der Waals surface area contributed by atoms with E-state index >= 15 is 0 Å². The van der Waals surface area contributed by atoms with E-state index in [0.29, 0.717) is 5.92 Å². The fraction of sp³-hybridized carbons (Fsp3) is 0.529. The summed E-state index contributed by atoms with van der Waals surface area (Å²) in [5, 5.41) is 2.74. The molecule has 0 bridgehead atoms. The van der Waals surface area contributed by atoms with Crippen molar-refractivity contribution in [1.82, 2.24) is 4.98 Å². The Labute approximate surface area is 110 Å². The van der Waals surface area contributed by atoms with Gasteiger partial charge in [0.15, 0.2) is 0 Å². The minimum atomic E-state index is 0.279. The Morgan fingerprint density at radius 2 is 2.17 bits per heavy atom. The van der Waals surface area contributed by atoms with Gasteiger partial charge in [0.25, 0.3) is 0 Å². The zero-order chi connectivity index (χ0) is 13.5. The van der Waals surface area contributed by atoms with Gasteiger partial charge in [0.05, 0.1) is 0 Å². The highest BCUT2D eigenvalue weighted by atomic mass is 14.7. The number of aromatic amines is 1. The molecule has 1 atom stereocenters. The van der Waals surface area contributed by atoms with Crippen molar-refractivity contribution in [2.75, 3.05) is 0 Å². The summed E-state index contributed by atoms with van der Waals surface area (Å²) in [5.41, 5.74) is 4.34. The topological polar surface area (TPSA) is 15.8 Å². The van der Waals surface area contributed by atoms with Gasteiger partial charge in [-0.2, -0.15) is 0 Å². The Morgan fingerprint density at radius 1 is 1.50 bits per heavy atom. The number of aryl methyl sites for hydroxylation is 1. The molecule has 1 aromatic rings. The Bertz CT molecular complexity index is 584. The molecule has 1 aliphatic carbocycles. The molecule has 0 fully saturated rings. The third kappa shape index (κ3) is 2.45. The van der Waals surface area contributed by atoms with Crippen molar-refractivity contribution in [3.63, 3.8) is 0 Å². The fourth-order valence-corrected chi connectivity index (χ4v) is 2.61. The number of hydrogen-bond acceptors (Lipinski definition) is 0. The molecule has 1 N–H and O–H groups in total. The first-order valence-corrected chi connectivity index (χ1v) is 6.86. The predicted octanol–water partition coefficient (Wildman–Crippen LogP) is 3.07. The normalized spacial score (nSPS) is 18.5. The van der Waals surface area contributed by atoms with Crippen LogP contribution >= 0.6 is 0 Å². The number of hydrogen-bond donors (Lipinski definition) is 1. The Morgan fingerprint density at radius 3 is 2.78 bits per heavy atom. The molecule has 1 heteroatoms. The average molecular weight is 243 g/mol. The summed E-state index contributed by atoms with van der Waals surface area (Å²) in [6, 6.07) is 0. The van der Waals surface area contributed by atoms with Crippen molar-refractivity contribution in [2.45, 2.75) is 47.5 Å². The number of H-pyrrole nitrogens is 1. The minimum Gasteiger partial charge on any atom is -0.359 e. The van der Waals surface area contributed by atoms with E-state index in [-0.39, 0.29) is 5.41 Å². The summed E-state index contributed by atoms with van der Waals surface area (Å²) in [6.45, 7) is 15.2. The lowest BCUT2D eigenvalue weighted by Gasteiger charge is -2.20. The SMILES string of the molecule is C=C(C)C(C)Cc1c(C)[nH]c2c1=CCC(C)(C)C=2. The van der Waals surface area contributed by atoms with E-state index in [1.807, 2.05) is 0 Å². The second-order valence-corrected chi connectivity index (χ2v) is 6.55. The molecule has 0 saturated carbocycles. The summed E-state index contributed by atoms with van der Waals surface area (Å²) in [6.07, 6.45) is 7.01. The van der Waals surface area contributed by atoms with E-state index in [0.717, 1.165) is 12.8 Å². The van der Waals surface area contributed by atoms with E-state index in [9.17, 15) is 0 Å². The van der Waals surface area contributed by atoms with Gasteiger partial charge in [-0.25, -0.2) is 0 Å². The summed E-state index contributed by atoms with van der Waals surface area (Å²) >= 11 is 0. The molecule has 0 aromatic carbocycles. The molecule has 0 spiro atoms. The summed E-state index contributed by atoms with van der Waals surface area (Å²) in [5.74, 6) is 0.548. The molecule has 1 heterocycles. The maximum atomic E-state index is 4.07. The first kappa shape index (κ1) is 13.2. The van der Waals surface area contributed by atoms with Crippen molar-refractivity contribution < 1.29 is 0 Å². The highest BCUT2D eigenvalue weighted by molar-refractivity contribution is 5.46. The van der Waals surface area contributed by atoms with Crippen molar-refractivity contribution in [3.05, 3.63) is 34.0 Å². The number of allylic oxidation sites excluding steroid dienone is 1. The molecule has 98 valence electrons.